The van der Waals surface area contributed by atoms with Crippen LogP contribution in [0, 0.1) is 0 Å². The maximum absolute atomic E-state index is 3.19. The van der Waals surface area contributed by atoms with Crippen LogP contribution in [0.4, 0.5) is 0 Å². The average molecular weight is 229 g/mol. The topological polar surface area (TPSA) is 18.5 Å². The molecular weight excluding hydrogens is 198 g/mol. The van der Waals surface area contributed by atoms with Crippen LogP contribution >= 0.6 is 0 Å². The second-order valence-electron chi connectivity index (χ2n) is 4.72. The van der Waals surface area contributed by atoms with E-state index < -0.39 is 0 Å². The van der Waals surface area contributed by atoms with Gasteiger partial charge in [-0.3, -0.25) is 0 Å². The fourth-order valence-electron chi connectivity index (χ4n) is 1.72. The molecule has 0 unspecified atom stereocenters. The quantitative estimate of drug-likeness (QED) is 0.544. The van der Waals surface area contributed by atoms with Gasteiger partial charge in [0.15, 0.2) is 0 Å². The summed E-state index contributed by atoms with van der Waals surface area (Å²) in [6, 6.07) is 0. The molecule has 0 aromatic carbocycles. The molecule has 0 aromatic heterocycles. The fourth-order valence-corrected chi connectivity index (χ4v) is 1.72. The summed E-state index contributed by atoms with van der Waals surface area (Å²) in [7, 11) is 6.46. The largest absolute Gasteiger partial charge is 0.320 e. The molecule has 0 amide bonds. The first-order chi connectivity index (χ1) is 7.70. The highest BCUT2D eigenvalue weighted by Crippen LogP contribution is 1.97. The van der Waals surface area contributed by atoms with Gasteiger partial charge in [0.25, 0.3) is 0 Å². The molecule has 0 saturated heterocycles. The van der Waals surface area contributed by atoms with Gasteiger partial charge in [-0.05, 0) is 79.6 Å². The van der Waals surface area contributed by atoms with Crippen LogP contribution in [0.2, 0.25) is 0 Å². The third-order valence-corrected chi connectivity index (χ3v) is 3.09. The highest BCUT2D eigenvalue weighted by atomic mass is 15.1. The molecule has 0 rings (SSSR count). The molecule has 0 bridgehead atoms. The Morgan fingerprint density at radius 2 is 1.31 bits per heavy atom. The summed E-state index contributed by atoms with van der Waals surface area (Å²) in [4.78, 5) is 4.84. The van der Waals surface area contributed by atoms with E-state index in [2.05, 4.69) is 36.1 Å². The highest BCUT2D eigenvalue weighted by molar-refractivity contribution is 4.55. The van der Waals surface area contributed by atoms with Crippen molar-refractivity contribution < 1.29 is 0 Å². The third-order valence-electron chi connectivity index (χ3n) is 3.09. The smallest absolute Gasteiger partial charge is 0.00213 e. The summed E-state index contributed by atoms with van der Waals surface area (Å²) >= 11 is 0. The Morgan fingerprint density at radius 1 is 0.812 bits per heavy atom. The van der Waals surface area contributed by atoms with Crippen molar-refractivity contribution in [3.63, 3.8) is 0 Å². The van der Waals surface area contributed by atoms with Crippen molar-refractivity contribution in [2.45, 2.75) is 32.6 Å². The van der Waals surface area contributed by atoms with Crippen molar-refractivity contribution in [1.29, 1.82) is 0 Å². The SMILES string of the molecule is CCN(C)CCCCN(C)CCCCNC. The lowest BCUT2D eigenvalue weighted by Gasteiger charge is -2.18. The standard InChI is InChI=1S/C13H31N3/c1-5-15(3)11-8-9-13-16(4)12-7-6-10-14-2/h14H,5-13H2,1-4H3. The van der Waals surface area contributed by atoms with Crippen molar-refractivity contribution >= 4 is 0 Å². The molecule has 0 radical (unpaired) electrons. The Bertz CT molecular complexity index is 139. The summed E-state index contributed by atoms with van der Waals surface area (Å²) in [6.07, 6.45) is 5.25. The van der Waals surface area contributed by atoms with Gasteiger partial charge in [-0.15, -0.1) is 0 Å². The third kappa shape index (κ3) is 10.4. The first-order valence-corrected chi connectivity index (χ1v) is 6.72. The minimum Gasteiger partial charge on any atom is -0.320 e. The van der Waals surface area contributed by atoms with E-state index in [-0.39, 0.29) is 0 Å². The van der Waals surface area contributed by atoms with E-state index in [1.165, 1.54) is 51.9 Å². The molecule has 3 heteroatoms. The summed E-state index contributed by atoms with van der Waals surface area (Å²) < 4.78 is 0. The number of nitrogens with one attached hydrogen (secondary N) is 1. The number of hydrogen-bond donors (Lipinski definition) is 1. The van der Waals surface area contributed by atoms with Crippen LogP contribution < -0.4 is 5.32 Å². The molecular formula is C13H31N3. The molecule has 3 nitrogen and oxygen atoms in total. The molecule has 0 aliphatic heterocycles. The van der Waals surface area contributed by atoms with Crippen LogP contribution in [0.15, 0.2) is 0 Å². The lowest BCUT2D eigenvalue weighted by atomic mass is 10.2. The number of rotatable bonds is 11. The van der Waals surface area contributed by atoms with Gasteiger partial charge in [-0.2, -0.15) is 0 Å². The van der Waals surface area contributed by atoms with Crippen molar-refractivity contribution in [3.8, 4) is 0 Å². The molecule has 0 atom stereocenters. The van der Waals surface area contributed by atoms with Crippen molar-refractivity contribution in [2.75, 3.05) is 53.9 Å². The van der Waals surface area contributed by atoms with Crippen LogP contribution in [0.25, 0.3) is 0 Å². The predicted octanol–water partition coefficient (Wildman–Crippen LogP) is 1.65. The number of nitrogens with zero attached hydrogens (tertiary/aromatic N) is 2. The van der Waals surface area contributed by atoms with E-state index in [1.54, 1.807) is 0 Å². The van der Waals surface area contributed by atoms with E-state index in [0.717, 1.165) is 6.54 Å². The van der Waals surface area contributed by atoms with Crippen LogP contribution in [-0.2, 0) is 0 Å². The molecule has 16 heavy (non-hydrogen) atoms. The number of hydrogen-bond acceptors (Lipinski definition) is 3. The Labute approximate surface area is 102 Å². The Kier molecular flexibility index (Phi) is 11.3. The van der Waals surface area contributed by atoms with Crippen molar-refractivity contribution in [3.05, 3.63) is 0 Å². The Morgan fingerprint density at radius 3 is 1.81 bits per heavy atom. The van der Waals surface area contributed by atoms with E-state index in [4.69, 9.17) is 0 Å². The zero-order chi connectivity index (χ0) is 12.2. The van der Waals surface area contributed by atoms with Crippen molar-refractivity contribution in [2.24, 2.45) is 0 Å². The first kappa shape index (κ1) is 15.9. The molecule has 0 aliphatic rings. The van der Waals surface area contributed by atoms with Crippen LogP contribution in [-0.4, -0.2) is 63.7 Å². The predicted molar refractivity (Wildman–Crippen MR) is 73.1 cm³/mol. The van der Waals surface area contributed by atoms with E-state index in [0.29, 0.717) is 0 Å². The monoisotopic (exact) mass is 229 g/mol. The molecule has 0 fully saturated rings. The molecule has 1 N–H and O–H groups in total. The van der Waals surface area contributed by atoms with Crippen LogP contribution in [0.5, 0.6) is 0 Å². The van der Waals surface area contributed by atoms with Gasteiger partial charge in [0.1, 0.15) is 0 Å². The van der Waals surface area contributed by atoms with Gasteiger partial charge in [-0.25, -0.2) is 0 Å². The van der Waals surface area contributed by atoms with E-state index in [1.807, 2.05) is 7.05 Å². The van der Waals surface area contributed by atoms with Crippen LogP contribution in [0.3, 0.4) is 0 Å². The molecule has 0 aliphatic carbocycles. The lowest BCUT2D eigenvalue weighted by Crippen LogP contribution is -2.24. The van der Waals surface area contributed by atoms with Gasteiger partial charge in [0.2, 0.25) is 0 Å². The molecule has 0 heterocycles. The van der Waals surface area contributed by atoms with Crippen molar-refractivity contribution in [1.82, 2.24) is 15.1 Å². The molecule has 0 aromatic rings. The number of unbranched alkanes of at least 4 members (excludes halogenated alkanes) is 2. The van der Waals surface area contributed by atoms with Crippen LogP contribution in [0.1, 0.15) is 32.6 Å². The second-order valence-corrected chi connectivity index (χ2v) is 4.72. The van der Waals surface area contributed by atoms with Gasteiger partial charge >= 0.3 is 0 Å². The van der Waals surface area contributed by atoms with Gasteiger partial charge in [0, 0.05) is 0 Å². The minimum absolute atomic E-state index is 1.15. The average Bonchev–Trinajstić information content (AvgIpc) is 2.30. The van der Waals surface area contributed by atoms with E-state index in [9.17, 15) is 0 Å². The first-order valence-electron chi connectivity index (χ1n) is 6.72. The molecule has 0 saturated carbocycles. The van der Waals surface area contributed by atoms with E-state index >= 15 is 0 Å². The maximum Gasteiger partial charge on any atom is -0.00213 e. The highest BCUT2D eigenvalue weighted by Gasteiger charge is 1.99. The lowest BCUT2D eigenvalue weighted by molar-refractivity contribution is 0.295. The molecule has 0 spiro atoms. The second kappa shape index (κ2) is 11.4. The Hall–Kier alpha value is -0.120. The zero-order valence-corrected chi connectivity index (χ0v) is 11.8. The fraction of sp³-hybridized carbons (Fsp3) is 1.00. The summed E-state index contributed by atoms with van der Waals surface area (Å²) in [5.41, 5.74) is 0. The van der Waals surface area contributed by atoms with Gasteiger partial charge in [-0.1, -0.05) is 6.92 Å². The molecule has 98 valence electrons. The minimum atomic E-state index is 1.15. The van der Waals surface area contributed by atoms with Gasteiger partial charge in [0.05, 0.1) is 0 Å². The maximum atomic E-state index is 3.19. The zero-order valence-electron chi connectivity index (χ0n) is 11.8. The normalized spacial score (nSPS) is 11.6. The summed E-state index contributed by atoms with van der Waals surface area (Å²) in [5.74, 6) is 0. The van der Waals surface area contributed by atoms with Gasteiger partial charge < -0.3 is 15.1 Å². The summed E-state index contributed by atoms with van der Waals surface area (Å²) in [6.45, 7) is 8.26. The Balaban J connectivity index is 3.20. The summed E-state index contributed by atoms with van der Waals surface area (Å²) in [5, 5.41) is 3.19.